The molecule has 0 saturated carbocycles. The molecule has 0 fully saturated rings. The number of nitrogens with zero attached hydrogens (tertiary/aromatic N) is 2. The highest BCUT2D eigenvalue weighted by molar-refractivity contribution is 9.10. The van der Waals surface area contributed by atoms with Crippen molar-refractivity contribution in [2.24, 2.45) is 0 Å². The molecule has 15 heavy (non-hydrogen) atoms. The predicted molar refractivity (Wildman–Crippen MR) is 58.6 cm³/mol. The number of carbonyl (C=O) groups excluding carboxylic acids is 1. The van der Waals surface area contributed by atoms with Gasteiger partial charge >= 0.3 is 5.97 Å². The lowest BCUT2D eigenvalue weighted by Crippen LogP contribution is -2.02. The van der Waals surface area contributed by atoms with Gasteiger partial charge in [0.05, 0.1) is 18.2 Å². The molecule has 0 bridgehead atoms. The van der Waals surface area contributed by atoms with Gasteiger partial charge in [-0.25, -0.2) is 14.8 Å². The van der Waals surface area contributed by atoms with Crippen LogP contribution in [0.3, 0.4) is 0 Å². The van der Waals surface area contributed by atoms with E-state index < -0.39 is 0 Å². The second kappa shape index (κ2) is 3.94. The summed E-state index contributed by atoms with van der Waals surface area (Å²) in [6.45, 7) is 0. The second-order valence-electron chi connectivity index (χ2n) is 2.91. The lowest BCUT2D eigenvalue weighted by molar-refractivity contribution is 0.0600. The van der Waals surface area contributed by atoms with Crippen LogP contribution in [0.1, 0.15) is 10.4 Å². The molecule has 0 radical (unpaired) electrons. The molecule has 0 spiro atoms. The minimum Gasteiger partial charge on any atom is -0.465 e. The van der Waals surface area contributed by atoms with Crippen molar-refractivity contribution in [3.8, 4) is 0 Å². The van der Waals surface area contributed by atoms with Gasteiger partial charge in [0, 0.05) is 16.1 Å². The molecule has 76 valence electrons. The first-order chi connectivity index (χ1) is 7.22. The smallest absolute Gasteiger partial charge is 0.339 e. The van der Waals surface area contributed by atoms with E-state index in [1.165, 1.54) is 13.4 Å². The van der Waals surface area contributed by atoms with Crippen LogP contribution in [0.4, 0.5) is 0 Å². The zero-order valence-electron chi connectivity index (χ0n) is 7.90. The molecule has 5 heteroatoms. The average molecular weight is 267 g/mol. The van der Waals surface area contributed by atoms with E-state index in [-0.39, 0.29) is 5.97 Å². The van der Waals surface area contributed by atoms with Crippen LogP contribution in [-0.4, -0.2) is 23.0 Å². The van der Waals surface area contributed by atoms with Gasteiger partial charge in [-0.1, -0.05) is 0 Å². The maximum Gasteiger partial charge on any atom is 0.339 e. The van der Waals surface area contributed by atoms with Crippen molar-refractivity contribution in [2.75, 3.05) is 7.11 Å². The number of halogens is 1. The highest BCUT2D eigenvalue weighted by atomic mass is 79.9. The Hall–Kier alpha value is -1.49. The van der Waals surface area contributed by atoms with Gasteiger partial charge in [-0.05, 0) is 28.1 Å². The Morgan fingerprint density at radius 2 is 2.27 bits per heavy atom. The molecule has 0 amide bonds. The van der Waals surface area contributed by atoms with E-state index in [4.69, 9.17) is 0 Å². The number of ether oxygens (including phenoxy) is 1. The maximum atomic E-state index is 11.4. The first-order valence-corrected chi connectivity index (χ1v) is 4.99. The molecule has 0 aliphatic carbocycles. The van der Waals surface area contributed by atoms with Crippen molar-refractivity contribution in [3.05, 3.63) is 34.7 Å². The minimum absolute atomic E-state index is 0.387. The van der Waals surface area contributed by atoms with Gasteiger partial charge in [-0.3, -0.25) is 0 Å². The third kappa shape index (κ3) is 1.83. The van der Waals surface area contributed by atoms with Crippen LogP contribution in [0.5, 0.6) is 0 Å². The summed E-state index contributed by atoms with van der Waals surface area (Å²) in [5.41, 5.74) is 1.18. The maximum absolute atomic E-state index is 11.4. The fourth-order valence-corrected chi connectivity index (χ4v) is 1.79. The minimum atomic E-state index is -0.387. The van der Waals surface area contributed by atoms with Crippen molar-refractivity contribution in [1.29, 1.82) is 0 Å². The van der Waals surface area contributed by atoms with Crippen LogP contribution in [0.25, 0.3) is 10.9 Å². The van der Waals surface area contributed by atoms with Crippen molar-refractivity contribution < 1.29 is 9.53 Å². The average Bonchev–Trinajstić information content (AvgIpc) is 2.27. The van der Waals surface area contributed by atoms with E-state index in [0.29, 0.717) is 15.6 Å². The Balaban J connectivity index is 2.67. The fraction of sp³-hybridized carbons (Fsp3) is 0.100. The number of aromatic nitrogens is 2. The molecular weight excluding hydrogens is 260 g/mol. The van der Waals surface area contributed by atoms with Gasteiger partial charge in [0.1, 0.15) is 6.33 Å². The van der Waals surface area contributed by atoms with E-state index in [9.17, 15) is 4.79 Å². The number of methoxy groups -OCH3 is 1. The summed E-state index contributed by atoms with van der Waals surface area (Å²) in [6.07, 6.45) is 3.13. The Morgan fingerprint density at radius 3 is 3.00 bits per heavy atom. The van der Waals surface area contributed by atoms with Gasteiger partial charge in [-0.2, -0.15) is 0 Å². The van der Waals surface area contributed by atoms with Crippen molar-refractivity contribution in [3.63, 3.8) is 0 Å². The van der Waals surface area contributed by atoms with Crippen LogP contribution in [-0.2, 0) is 4.74 Å². The molecular formula is C10H7BrN2O2. The van der Waals surface area contributed by atoms with Crippen LogP contribution >= 0.6 is 15.9 Å². The normalized spacial score (nSPS) is 10.3. The van der Waals surface area contributed by atoms with E-state index in [0.717, 1.165) is 5.39 Å². The number of benzene rings is 1. The molecule has 0 saturated heterocycles. The molecule has 0 unspecified atom stereocenters. The third-order valence-corrected chi connectivity index (χ3v) is 2.65. The Labute approximate surface area is 94.4 Å². The quantitative estimate of drug-likeness (QED) is 0.743. The summed E-state index contributed by atoms with van der Waals surface area (Å²) >= 11 is 3.30. The molecule has 0 N–H and O–H groups in total. The highest BCUT2D eigenvalue weighted by Gasteiger charge is 2.11. The van der Waals surface area contributed by atoms with Gasteiger partial charge < -0.3 is 4.74 Å². The van der Waals surface area contributed by atoms with Crippen molar-refractivity contribution in [2.45, 2.75) is 0 Å². The first kappa shape index (κ1) is 10.0. The third-order valence-electron chi connectivity index (χ3n) is 2.00. The second-order valence-corrected chi connectivity index (χ2v) is 3.76. The Bertz CT molecular complexity index is 528. The molecule has 1 aromatic carbocycles. The predicted octanol–water partition coefficient (Wildman–Crippen LogP) is 2.18. The van der Waals surface area contributed by atoms with Crippen LogP contribution in [0.2, 0.25) is 0 Å². The topological polar surface area (TPSA) is 52.1 Å². The first-order valence-electron chi connectivity index (χ1n) is 4.20. The van der Waals surface area contributed by atoms with Gasteiger partial charge in [0.2, 0.25) is 0 Å². The molecule has 0 atom stereocenters. The van der Waals surface area contributed by atoms with Crippen LogP contribution < -0.4 is 0 Å². The zero-order chi connectivity index (χ0) is 10.8. The number of esters is 1. The zero-order valence-corrected chi connectivity index (χ0v) is 9.48. The summed E-state index contributed by atoms with van der Waals surface area (Å²) in [7, 11) is 1.35. The van der Waals surface area contributed by atoms with Crippen molar-refractivity contribution in [1.82, 2.24) is 9.97 Å². The number of hydrogen-bond acceptors (Lipinski definition) is 4. The van der Waals surface area contributed by atoms with Crippen molar-refractivity contribution >= 4 is 32.8 Å². The Kier molecular flexibility index (Phi) is 2.64. The summed E-state index contributed by atoms with van der Waals surface area (Å²) < 4.78 is 5.33. The summed E-state index contributed by atoms with van der Waals surface area (Å²) in [6, 6.07) is 3.47. The molecule has 1 aromatic heterocycles. The molecule has 2 aromatic rings. The fourth-order valence-electron chi connectivity index (χ4n) is 1.27. The van der Waals surface area contributed by atoms with E-state index in [1.54, 1.807) is 18.3 Å². The van der Waals surface area contributed by atoms with Crippen LogP contribution in [0.15, 0.2) is 29.1 Å². The monoisotopic (exact) mass is 266 g/mol. The van der Waals surface area contributed by atoms with Gasteiger partial charge in [0.25, 0.3) is 0 Å². The standard InChI is InChI=1S/C10H7BrN2O2/c1-15-10(14)7-3-9-6(2-8(7)11)4-12-5-13-9/h2-5H,1H3. The molecule has 0 aliphatic heterocycles. The molecule has 4 nitrogen and oxygen atoms in total. The van der Waals surface area contributed by atoms with Gasteiger partial charge in [-0.15, -0.1) is 0 Å². The highest BCUT2D eigenvalue weighted by Crippen LogP contribution is 2.23. The lowest BCUT2D eigenvalue weighted by Gasteiger charge is -2.03. The van der Waals surface area contributed by atoms with Gasteiger partial charge in [0.15, 0.2) is 0 Å². The molecule has 0 aliphatic rings. The largest absolute Gasteiger partial charge is 0.465 e. The Morgan fingerprint density at radius 1 is 1.47 bits per heavy atom. The van der Waals surface area contributed by atoms with E-state index >= 15 is 0 Å². The number of fused-ring (bicyclic) bond motifs is 1. The molecule has 2 rings (SSSR count). The van der Waals surface area contributed by atoms with Crippen LogP contribution in [0, 0.1) is 0 Å². The SMILES string of the molecule is COC(=O)c1cc2ncncc2cc1Br. The summed E-state index contributed by atoms with van der Waals surface area (Å²) in [5.74, 6) is -0.387. The number of carbonyl (C=O) groups is 1. The van der Waals surface area contributed by atoms with E-state index in [1.807, 2.05) is 0 Å². The number of rotatable bonds is 1. The molecule has 1 heterocycles. The van der Waals surface area contributed by atoms with E-state index in [2.05, 4.69) is 30.6 Å². The summed E-state index contributed by atoms with van der Waals surface area (Å²) in [4.78, 5) is 19.3. The summed E-state index contributed by atoms with van der Waals surface area (Å²) in [5, 5.41) is 0.872. The number of hydrogen-bond donors (Lipinski definition) is 0. The lowest BCUT2D eigenvalue weighted by atomic mass is 10.1.